The highest BCUT2D eigenvalue weighted by Gasteiger charge is 2.15. The number of hydrogen-bond acceptors (Lipinski definition) is 6. The number of amides is 1. The fourth-order valence-corrected chi connectivity index (χ4v) is 3.34. The Hall–Kier alpha value is -4.01. The summed E-state index contributed by atoms with van der Waals surface area (Å²) >= 11 is 0. The first-order valence-electron chi connectivity index (χ1n) is 9.87. The third-order valence-electron chi connectivity index (χ3n) is 4.86. The second-order valence-electron chi connectivity index (χ2n) is 7.66. The zero-order valence-corrected chi connectivity index (χ0v) is 17.7. The van der Waals surface area contributed by atoms with Crippen molar-refractivity contribution in [2.24, 2.45) is 0 Å². The molecule has 0 saturated heterocycles. The predicted molar refractivity (Wildman–Crippen MR) is 120 cm³/mol. The van der Waals surface area contributed by atoms with Gasteiger partial charge in [0, 0.05) is 26.2 Å². The summed E-state index contributed by atoms with van der Waals surface area (Å²) < 4.78 is 1.94. The standard InChI is InChI=1S/C22H23N7O2/c1-13(2)29-12-23-27-21(29)16-9-6-10-19(26-16)25-15-8-5-7-14-20(15)18(30)11-17(24-14)22(31)28(3)4/h5-13H,1-4H3,(H,24,30)(H,25,26). The molecule has 9 nitrogen and oxygen atoms in total. The van der Waals surface area contributed by atoms with Gasteiger partial charge in [0.05, 0.1) is 16.6 Å². The lowest BCUT2D eigenvalue weighted by Crippen LogP contribution is -2.24. The van der Waals surface area contributed by atoms with Gasteiger partial charge in [-0.1, -0.05) is 12.1 Å². The van der Waals surface area contributed by atoms with Crippen LogP contribution in [0.1, 0.15) is 30.4 Å². The number of nitrogens with one attached hydrogen (secondary N) is 2. The third-order valence-corrected chi connectivity index (χ3v) is 4.86. The number of carbonyl (C=O) groups excluding carboxylic acids is 1. The van der Waals surface area contributed by atoms with E-state index in [1.165, 1.54) is 11.0 Å². The van der Waals surface area contributed by atoms with Crippen molar-refractivity contribution in [1.82, 2.24) is 29.6 Å². The van der Waals surface area contributed by atoms with Crippen LogP contribution < -0.4 is 10.7 Å². The second-order valence-corrected chi connectivity index (χ2v) is 7.66. The van der Waals surface area contributed by atoms with E-state index in [-0.39, 0.29) is 23.1 Å². The van der Waals surface area contributed by atoms with Gasteiger partial charge in [0.25, 0.3) is 5.91 Å². The van der Waals surface area contributed by atoms with Crippen LogP contribution in [0.3, 0.4) is 0 Å². The Bertz CT molecular complexity index is 1320. The topological polar surface area (TPSA) is 109 Å². The largest absolute Gasteiger partial charge is 0.350 e. The third kappa shape index (κ3) is 3.89. The molecule has 3 aromatic heterocycles. The zero-order chi connectivity index (χ0) is 22.1. The molecule has 0 atom stereocenters. The number of benzene rings is 1. The van der Waals surface area contributed by atoms with Gasteiger partial charge in [0.1, 0.15) is 23.5 Å². The molecule has 1 amide bonds. The summed E-state index contributed by atoms with van der Waals surface area (Å²) in [6.45, 7) is 4.10. The maximum absolute atomic E-state index is 12.8. The molecule has 4 aromatic rings. The fraction of sp³-hybridized carbons (Fsp3) is 0.227. The predicted octanol–water partition coefficient (Wildman–Crippen LogP) is 3.21. The molecular weight excluding hydrogens is 394 g/mol. The van der Waals surface area contributed by atoms with Gasteiger partial charge in [-0.25, -0.2) is 4.98 Å². The number of carbonyl (C=O) groups is 1. The number of anilines is 2. The summed E-state index contributed by atoms with van der Waals surface area (Å²) in [4.78, 5) is 34.2. The van der Waals surface area contributed by atoms with E-state index in [0.29, 0.717) is 33.9 Å². The molecule has 3 heterocycles. The number of pyridine rings is 2. The Morgan fingerprint density at radius 1 is 1.16 bits per heavy atom. The maximum Gasteiger partial charge on any atom is 0.269 e. The molecule has 0 aliphatic heterocycles. The van der Waals surface area contributed by atoms with Crippen LogP contribution in [0.25, 0.3) is 22.4 Å². The summed E-state index contributed by atoms with van der Waals surface area (Å²) in [5, 5.41) is 11.9. The van der Waals surface area contributed by atoms with Crippen molar-refractivity contribution in [3.8, 4) is 11.5 Å². The van der Waals surface area contributed by atoms with Crippen molar-refractivity contribution in [3.05, 3.63) is 64.7 Å². The molecule has 0 aliphatic rings. The number of H-pyrrole nitrogens is 1. The molecule has 4 rings (SSSR count). The Kier molecular flexibility index (Phi) is 5.24. The Morgan fingerprint density at radius 2 is 1.94 bits per heavy atom. The van der Waals surface area contributed by atoms with E-state index in [4.69, 9.17) is 0 Å². The van der Waals surface area contributed by atoms with E-state index in [2.05, 4.69) is 25.5 Å². The second kappa shape index (κ2) is 8.02. The molecule has 0 aliphatic carbocycles. The summed E-state index contributed by atoms with van der Waals surface area (Å²) in [5.74, 6) is 0.971. The van der Waals surface area contributed by atoms with Crippen molar-refractivity contribution in [3.63, 3.8) is 0 Å². The Balaban J connectivity index is 1.73. The highest BCUT2D eigenvalue weighted by Crippen LogP contribution is 2.25. The molecule has 0 bridgehead atoms. The van der Waals surface area contributed by atoms with Crippen molar-refractivity contribution in [2.45, 2.75) is 19.9 Å². The normalized spacial score (nSPS) is 11.1. The van der Waals surface area contributed by atoms with Crippen LogP contribution in [0.5, 0.6) is 0 Å². The molecule has 0 saturated carbocycles. The molecule has 1 aromatic carbocycles. The summed E-state index contributed by atoms with van der Waals surface area (Å²) in [5.41, 5.74) is 1.82. The van der Waals surface area contributed by atoms with E-state index in [1.807, 2.05) is 42.7 Å². The van der Waals surface area contributed by atoms with Crippen molar-refractivity contribution >= 4 is 28.3 Å². The van der Waals surface area contributed by atoms with Crippen LogP contribution in [-0.4, -0.2) is 49.6 Å². The molecule has 0 fully saturated rings. The Morgan fingerprint density at radius 3 is 2.68 bits per heavy atom. The zero-order valence-electron chi connectivity index (χ0n) is 17.7. The lowest BCUT2D eigenvalue weighted by atomic mass is 10.1. The lowest BCUT2D eigenvalue weighted by molar-refractivity contribution is 0.0822. The van der Waals surface area contributed by atoms with Gasteiger partial charge in [0.15, 0.2) is 11.3 Å². The number of rotatable bonds is 5. The minimum absolute atomic E-state index is 0.194. The van der Waals surface area contributed by atoms with Gasteiger partial charge in [0.2, 0.25) is 0 Å². The smallest absolute Gasteiger partial charge is 0.269 e. The molecule has 0 spiro atoms. The van der Waals surface area contributed by atoms with Crippen LogP contribution in [0.15, 0.2) is 53.6 Å². The van der Waals surface area contributed by atoms with E-state index in [1.54, 1.807) is 32.6 Å². The number of aromatic amines is 1. The average molecular weight is 417 g/mol. The van der Waals surface area contributed by atoms with Gasteiger partial charge >= 0.3 is 0 Å². The minimum atomic E-state index is -0.263. The first kappa shape index (κ1) is 20.3. The van der Waals surface area contributed by atoms with Gasteiger partial charge < -0.3 is 19.8 Å². The van der Waals surface area contributed by atoms with Gasteiger partial charge in [-0.05, 0) is 38.1 Å². The van der Waals surface area contributed by atoms with Crippen molar-refractivity contribution in [2.75, 3.05) is 19.4 Å². The van der Waals surface area contributed by atoms with Crippen LogP contribution in [-0.2, 0) is 0 Å². The van der Waals surface area contributed by atoms with Crippen LogP contribution >= 0.6 is 0 Å². The van der Waals surface area contributed by atoms with E-state index < -0.39 is 0 Å². The SMILES string of the molecule is CC(C)n1cnnc1-c1cccc(Nc2cccc3[nH]c(C(=O)N(C)C)cc(=O)c23)n1. The van der Waals surface area contributed by atoms with E-state index in [0.717, 1.165) is 0 Å². The van der Waals surface area contributed by atoms with Gasteiger partial charge in [-0.3, -0.25) is 9.59 Å². The van der Waals surface area contributed by atoms with Gasteiger partial charge in [-0.15, -0.1) is 10.2 Å². The van der Waals surface area contributed by atoms with Crippen LogP contribution in [0, 0.1) is 0 Å². The van der Waals surface area contributed by atoms with E-state index in [9.17, 15) is 9.59 Å². The molecule has 9 heteroatoms. The van der Waals surface area contributed by atoms with E-state index >= 15 is 0 Å². The maximum atomic E-state index is 12.8. The van der Waals surface area contributed by atoms with Crippen LogP contribution in [0.2, 0.25) is 0 Å². The first-order valence-corrected chi connectivity index (χ1v) is 9.87. The molecule has 158 valence electrons. The van der Waals surface area contributed by atoms with Crippen molar-refractivity contribution < 1.29 is 4.79 Å². The summed E-state index contributed by atoms with van der Waals surface area (Å²) in [6, 6.07) is 12.4. The minimum Gasteiger partial charge on any atom is -0.350 e. The lowest BCUT2D eigenvalue weighted by Gasteiger charge is -2.13. The highest BCUT2D eigenvalue weighted by atomic mass is 16.2. The number of hydrogen-bond donors (Lipinski definition) is 2. The quantitative estimate of drug-likeness (QED) is 0.516. The Labute approximate surface area is 178 Å². The fourth-order valence-electron chi connectivity index (χ4n) is 3.34. The summed E-state index contributed by atoms with van der Waals surface area (Å²) in [6.07, 6.45) is 1.68. The number of nitrogens with zero attached hydrogens (tertiary/aromatic N) is 5. The number of aromatic nitrogens is 5. The first-order chi connectivity index (χ1) is 14.8. The average Bonchev–Trinajstić information content (AvgIpc) is 3.23. The van der Waals surface area contributed by atoms with Crippen molar-refractivity contribution in [1.29, 1.82) is 0 Å². The van der Waals surface area contributed by atoms with Gasteiger partial charge in [-0.2, -0.15) is 0 Å². The van der Waals surface area contributed by atoms with Crippen LogP contribution in [0.4, 0.5) is 11.5 Å². The molecule has 0 unspecified atom stereocenters. The molecular formula is C22H23N7O2. The monoisotopic (exact) mass is 417 g/mol. The molecule has 0 radical (unpaired) electrons. The number of fused-ring (bicyclic) bond motifs is 1. The molecule has 31 heavy (non-hydrogen) atoms. The summed E-state index contributed by atoms with van der Waals surface area (Å²) in [7, 11) is 3.28. The molecule has 2 N–H and O–H groups in total. The highest BCUT2D eigenvalue weighted by molar-refractivity contribution is 5.98.